The van der Waals surface area contributed by atoms with Crippen LogP contribution in [0.15, 0.2) is 84.5 Å². The zero-order valence-electron chi connectivity index (χ0n) is 13.7. The van der Waals surface area contributed by atoms with Gasteiger partial charge in [-0.2, -0.15) is 5.10 Å². The molecular formula is C21H18N2O2. The summed E-state index contributed by atoms with van der Waals surface area (Å²) in [5.74, 6) is 0.432. The van der Waals surface area contributed by atoms with Crippen molar-refractivity contribution in [2.75, 3.05) is 6.61 Å². The number of ether oxygens (including phenoxy) is 1. The SMILES string of the molecule is C=CCOc1ccc2ccccc2c1/C=N/NC(=O)c1ccccc1. The fraction of sp³-hybridized carbons (Fsp3) is 0.0476. The Kier molecular flexibility index (Phi) is 5.22. The second-order valence-electron chi connectivity index (χ2n) is 5.36. The van der Waals surface area contributed by atoms with E-state index in [0.29, 0.717) is 17.9 Å². The molecule has 0 aliphatic carbocycles. The Morgan fingerprint density at radius 1 is 1.04 bits per heavy atom. The summed E-state index contributed by atoms with van der Waals surface area (Å²) in [6.07, 6.45) is 3.30. The van der Waals surface area contributed by atoms with Crippen LogP contribution in [0.4, 0.5) is 0 Å². The Bertz CT molecular complexity index is 918. The molecule has 0 unspecified atom stereocenters. The van der Waals surface area contributed by atoms with Gasteiger partial charge in [-0.3, -0.25) is 4.79 Å². The Hall–Kier alpha value is -3.40. The molecule has 1 amide bonds. The largest absolute Gasteiger partial charge is 0.489 e. The molecule has 1 N–H and O–H groups in total. The van der Waals surface area contributed by atoms with Crippen LogP contribution in [0.25, 0.3) is 10.8 Å². The summed E-state index contributed by atoms with van der Waals surface area (Å²) in [5, 5.41) is 6.18. The quantitative estimate of drug-likeness (QED) is 0.419. The van der Waals surface area contributed by atoms with Gasteiger partial charge in [0.05, 0.1) is 6.21 Å². The Morgan fingerprint density at radius 3 is 2.60 bits per heavy atom. The molecule has 3 aromatic rings. The van der Waals surface area contributed by atoms with Gasteiger partial charge in [0.2, 0.25) is 0 Å². The highest BCUT2D eigenvalue weighted by Gasteiger charge is 2.07. The summed E-state index contributed by atoms with van der Waals surface area (Å²) >= 11 is 0. The summed E-state index contributed by atoms with van der Waals surface area (Å²) in [6, 6.07) is 20.8. The van der Waals surface area contributed by atoms with E-state index in [9.17, 15) is 4.79 Å². The molecule has 0 heterocycles. The number of carbonyl (C=O) groups is 1. The zero-order chi connectivity index (χ0) is 17.5. The highest BCUT2D eigenvalue weighted by Crippen LogP contribution is 2.26. The molecule has 0 fully saturated rings. The Labute approximate surface area is 146 Å². The summed E-state index contributed by atoms with van der Waals surface area (Å²) in [4.78, 5) is 12.1. The van der Waals surface area contributed by atoms with E-state index < -0.39 is 0 Å². The third-order valence-electron chi connectivity index (χ3n) is 3.68. The minimum Gasteiger partial charge on any atom is -0.489 e. The number of carbonyl (C=O) groups excluding carboxylic acids is 1. The van der Waals surface area contributed by atoms with Crippen molar-refractivity contribution in [1.82, 2.24) is 5.43 Å². The molecular weight excluding hydrogens is 312 g/mol. The number of benzene rings is 3. The maximum absolute atomic E-state index is 12.1. The van der Waals surface area contributed by atoms with Crippen LogP contribution in [-0.4, -0.2) is 18.7 Å². The lowest BCUT2D eigenvalue weighted by atomic mass is 10.0. The predicted octanol–water partition coefficient (Wildman–Crippen LogP) is 4.17. The molecule has 0 aliphatic heterocycles. The number of nitrogens with one attached hydrogen (secondary N) is 1. The third-order valence-corrected chi connectivity index (χ3v) is 3.68. The van der Waals surface area contributed by atoms with Crippen LogP contribution < -0.4 is 10.2 Å². The van der Waals surface area contributed by atoms with E-state index in [1.807, 2.05) is 54.6 Å². The number of fused-ring (bicyclic) bond motifs is 1. The van der Waals surface area contributed by atoms with Crippen molar-refractivity contribution in [1.29, 1.82) is 0 Å². The lowest BCUT2D eigenvalue weighted by Gasteiger charge is -2.10. The van der Waals surface area contributed by atoms with E-state index in [0.717, 1.165) is 16.3 Å². The molecule has 0 bridgehead atoms. The van der Waals surface area contributed by atoms with Crippen LogP contribution >= 0.6 is 0 Å². The Morgan fingerprint density at radius 2 is 1.80 bits per heavy atom. The van der Waals surface area contributed by atoms with Crippen molar-refractivity contribution in [3.05, 3.63) is 90.5 Å². The molecule has 0 atom stereocenters. The number of hydrogen-bond acceptors (Lipinski definition) is 3. The minimum atomic E-state index is -0.259. The van der Waals surface area contributed by atoms with Gasteiger partial charge in [-0.1, -0.05) is 61.2 Å². The second kappa shape index (κ2) is 7.93. The lowest BCUT2D eigenvalue weighted by molar-refractivity contribution is 0.0955. The molecule has 124 valence electrons. The second-order valence-corrected chi connectivity index (χ2v) is 5.36. The fourth-order valence-corrected chi connectivity index (χ4v) is 2.49. The summed E-state index contributed by atoms with van der Waals surface area (Å²) in [6.45, 7) is 4.07. The van der Waals surface area contributed by atoms with Crippen LogP contribution in [0, 0.1) is 0 Å². The number of hydrogen-bond donors (Lipinski definition) is 1. The number of hydrazone groups is 1. The lowest BCUT2D eigenvalue weighted by Crippen LogP contribution is -2.17. The summed E-state index contributed by atoms with van der Waals surface area (Å²) in [7, 11) is 0. The van der Waals surface area contributed by atoms with E-state index in [4.69, 9.17) is 4.74 Å². The molecule has 0 aliphatic rings. The molecule has 0 aromatic heterocycles. The van der Waals surface area contributed by atoms with Crippen molar-refractivity contribution < 1.29 is 9.53 Å². The average Bonchev–Trinajstić information content (AvgIpc) is 2.67. The standard InChI is InChI=1S/C21H18N2O2/c1-2-14-25-20-13-12-16-8-6-7-11-18(16)19(20)15-22-23-21(24)17-9-4-3-5-10-17/h2-13,15H,1,14H2,(H,23,24)/b22-15+. The maximum atomic E-state index is 12.1. The van der Waals surface area contributed by atoms with Gasteiger partial charge in [-0.05, 0) is 29.0 Å². The maximum Gasteiger partial charge on any atom is 0.271 e. The van der Waals surface area contributed by atoms with Crippen LogP contribution in [0.5, 0.6) is 5.75 Å². The highest BCUT2D eigenvalue weighted by molar-refractivity contribution is 6.03. The number of amides is 1. The first-order chi connectivity index (χ1) is 12.3. The molecule has 25 heavy (non-hydrogen) atoms. The van der Waals surface area contributed by atoms with E-state index in [-0.39, 0.29) is 5.91 Å². The number of nitrogens with zero attached hydrogens (tertiary/aromatic N) is 1. The van der Waals surface area contributed by atoms with E-state index in [1.165, 1.54) is 0 Å². The fourth-order valence-electron chi connectivity index (χ4n) is 2.49. The average molecular weight is 330 g/mol. The molecule has 4 nitrogen and oxygen atoms in total. The van der Waals surface area contributed by atoms with Crippen LogP contribution in [0.2, 0.25) is 0 Å². The van der Waals surface area contributed by atoms with Gasteiger partial charge < -0.3 is 4.74 Å². The molecule has 0 saturated carbocycles. The first-order valence-corrected chi connectivity index (χ1v) is 7.93. The van der Waals surface area contributed by atoms with Gasteiger partial charge in [0.1, 0.15) is 12.4 Å². The molecule has 0 radical (unpaired) electrons. The van der Waals surface area contributed by atoms with E-state index in [2.05, 4.69) is 17.1 Å². The van der Waals surface area contributed by atoms with Crippen molar-refractivity contribution in [2.24, 2.45) is 5.10 Å². The van der Waals surface area contributed by atoms with Gasteiger partial charge >= 0.3 is 0 Å². The number of rotatable bonds is 6. The molecule has 3 aromatic carbocycles. The van der Waals surface area contributed by atoms with E-state index in [1.54, 1.807) is 24.4 Å². The first kappa shape index (κ1) is 16.5. The summed E-state index contributed by atoms with van der Waals surface area (Å²) in [5.41, 5.74) is 3.92. The predicted molar refractivity (Wildman–Crippen MR) is 101 cm³/mol. The third kappa shape index (κ3) is 3.93. The van der Waals surface area contributed by atoms with Crippen molar-refractivity contribution >= 4 is 22.9 Å². The smallest absolute Gasteiger partial charge is 0.271 e. The van der Waals surface area contributed by atoms with Crippen molar-refractivity contribution in [3.8, 4) is 5.75 Å². The topological polar surface area (TPSA) is 50.7 Å². The monoisotopic (exact) mass is 330 g/mol. The van der Waals surface area contributed by atoms with Gasteiger partial charge in [-0.25, -0.2) is 5.43 Å². The van der Waals surface area contributed by atoms with Gasteiger partial charge in [-0.15, -0.1) is 0 Å². The van der Waals surface area contributed by atoms with Gasteiger partial charge in [0.15, 0.2) is 0 Å². The molecule has 3 rings (SSSR count). The van der Waals surface area contributed by atoms with Crippen molar-refractivity contribution in [3.63, 3.8) is 0 Å². The zero-order valence-corrected chi connectivity index (χ0v) is 13.7. The molecule has 0 saturated heterocycles. The Balaban J connectivity index is 1.88. The van der Waals surface area contributed by atoms with Gasteiger partial charge in [0.25, 0.3) is 5.91 Å². The van der Waals surface area contributed by atoms with Crippen LogP contribution in [0.1, 0.15) is 15.9 Å². The molecule has 0 spiro atoms. The van der Waals surface area contributed by atoms with Crippen LogP contribution in [-0.2, 0) is 0 Å². The first-order valence-electron chi connectivity index (χ1n) is 7.93. The van der Waals surface area contributed by atoms with E-state index >= 15 is 0 Å². The highest BCUT2D eigenvalue weighted by atomic mass is 16.5. The van der Waals surface area contributed by atoms with Gasteiger partial charge in [0, 0.05) is 11.1 Å². The summed E-state index contributed by atoms with van der Waals surface area (Å²) < 4.78 is 5.71. The minimum absolute atomic E-state index is 0.259. The van der Waals surface area contributed by atoms with Crippen LogP contribution in [0.3, 0.4) is 0 Å². The molecule has 4 heteroatoms. The van der Waals surface area contributed by atoms with Crippen molar-refractivity contribution in [2.45, 2.75) is 0 Å². The normalized spacial score (nSPS) is 10.7.